The van der Waals surface area contributed by atoms with E-state index >= 15 is 0 Å². The van der Waals surface area contributed by atoms with Crippen molar-refractivity contribution < 1.29 is 9.59 Å². The van der Waals surface area contributed by atoms with Gasteiger partial charge in [0.05, 0.1) is 6.54 Å². The Morgan fingerprint density at radius 1 is 1.32 bits per heavy atom. The van der Waals surface area contributed by atoms with Crippen LogP contribution in [0.25, 0.3) is 0 Å². The quantitative estimate of drug-likeness (QED) is 0.792. The molecule has 0 unspecified atom stereocenters. The molecule has 2 amide bonds. The number of amides is 2. The number of nitrogens with two attached hydrogens (primary N) is 2. The lowest BCUT2D eigenvalue weighted by atomic mass is 10.1. The Kier molecular flexibility index (Phi) is 5.51. The Labute approximate surface area is 113 Å². The Bertz CT molecular complexity index is 458. The standard InChI is InChI=1S/C14H21N3O2/c1-10(2)8-17(9-13(16)18)14(19)12-5-3-4-11(6-12)7-15/h3-6,10H,7-9,15H2,1-2H3,(H2,16,18). The summed E-state index contributed by atoms with van der Waals surface area (Å²) in [6.07, 6.45) is 0. The lowest BCUT2D eigenvalue weighted by Gasteiger charge is -2.23. The van der Waals surface area contributed by atoms with Crippen molar-refractivity contribution in [1.82, 2.24) is 4.90 Å². The van der Waals surface area contributed by atoms with Gasteiger partial charge in [-0.3, -0.25) is 9.59 Å². The first-order valence-electron chi connectivity index (χ1n) is 6.30. The number of hydrogen-bond donors (Lipinski definition) is 2. The summed E-state index contributed by atoms with van der Waals surface area (Å²) in [5.74, 6) is -0.437. The molecule has 0 spiro atoms. The number of hydrogen-bond acceptors (Lipinski definition) is 3. The topological polar surface area (TPSA) is 89.4 Å². The van der Waals surface area contributed by atoms with Crippen molar-refractivity contribution in [2.24, 2.45) is 17.4 Å². The van der Waals surface area contributed by atoms with Gasteiger partial charge in [-0.25, -0.2) is 0 Å². The summed E-state index contributed by atoms with van der Waals surface area (Å²) in [7, 11) is 0. The van der Waals surface area contributed by atoms with Crippen molar-refractivity contribution in [3.63, 3.8) is 0 Å². The van der Waals surface area contributed by atoms with Crippen LogP contribution in [0.2, 0.25) is 0 Å². The number of primary amides is 1. The third kappa shape index (κ3) is 4.71. The zero-order valence-corrected chi connectivity index (χ0v) is 11.4. The van der Waals surface area contributed by atoms with E-state index in [-0.39, 0.29) is 18.4 Å². The summed E-state index contributed by atoms with van der Waals surface area (Å²) in [5.41, 5.74) is 12.2. The normalized spacial score (nSPS) is 10.5. The van der Waals surface area contributed by atoms with Crippen LogP contribution < -0.4 is 11.5 Å². The lowest BCUT2D eigenvalue weighted by Crippen LogP contribution is -2.40. The highest BCUT2D eigenvalue weighted by atomic mass is 16.2. The van der Waals surface area contributed by atoms with Gasteiger partial charge in [0, 0.05) is 18.7 Å². The summed E-state index contributed by atoms with van der Waals surface area (Å²) < 4.78 is 0. The van der Waals surface area contributed by atoms with Crippen molar-refractivity contribution in [1.29, 1.82) is 0 Å². The van der Waals surface area contributed by atoms with E-state index in [1.807, 2.05) is 19.9 Å². The second kappa shape index (κ2) is 6.89. The van der Waals surface area contributed by atoms with Crippen LogP contribution in [0.5, 0.6) is 0 Å². The van der Waals surface area contributed by atoms with Crippen molar-refractivity contribution in [3.05, 3.63) is 35.4 Å². The number of rotatable bonds is 6. The molecule has 0 saturated carbocycles. The summed E-state index contributed by atoms with van der Waals surface area (Å²) in [5, 5.41) is 0. The molecule has 1 aromatic carbocycles. The minimum Gasteiger partial charge on any atom is -0.368 e. The van der Waals surface area contributed by atoms with Crippen LogP contribution in [-0.2, 0) is 11.3 Å². The van der Waals surface area contributed by atoms with Crippen LogP contribution in [0.4, 0.5) is 0 Å². The van der Waals surface area contributed by atoms with Gasteiger partial charge in [-0.1, -0.05) is 26.0 Å². The minimum atomic E-state index is -0.510. The number of nitrogens with zero attached hydrogens (tertiary/aromatic N) is 1. The molecule has 0 saturated heterocycles. The molecular weight excluding hydrogens is 242 g/mol. The molecule has 0 radical (unpaired) electrons. The number of carbonyl (C=O) groups excluding carboxylic acids is 2. The summed E-state index contributed by atoms with van der Waals surface area (Å²) in [6.45, 7) is 4.77. The van der Waals surface area contributed by atoms with Gasteiger partial charge in [-0.2, -0.15) is 0 Å². The second-order valence-electron chi connectivity index (χ2n) is 4.95. The van der Waals surface area contributed by atoms with Crippen LogP contribution in [0.3, 0.4) is 0 Å². The van der Waals surface area contributed by atoms with Crippen molar-refractivity contribution >= 4 is 11.8 Å². The Balaban J connectivity index is 2.93. The third-order valence-corrected chi connectivity index (χ3v) is 2.63. The van der Waals surface area contributed by atoms with E-state index in [1.54, 1.807) is 18.2 Å². The van der Waals surface area contributed by atoms with E-state index in [4.69, 9.17) is 11.5 Å². The molecule has 0 aromatic heterocycles. The number of benzene rings is 1. The Morgan fingerprint density at radius 2 is 2.00 bits per heavy atom. The van der Waals surface area contributed by atoms with E-state index in [0.717, 1.165) is 5.56 Å². The highest BCUT2D eigenvalue weighted by molar-refractivity contribution is 5.96. The maximum absolute atomic E-state index is 12.4. The third-order valence-electron chi connectivity index (χ3n) is 2.63. The fourth-order valence-electron chi connectivity index (χ4n) is 1.86. The zero-order chi connectivity index (χ0) is 14.4. The van der Waals surface area contributed by atoms with Gasteiger partial charge >= 0.3 is 0 Å². The van der Waals surface area contributed by atoms with Crippen molar-refractivity contribution in [2.75, 3.05) is 13.1 Å². The molecular formula is C14H21N3O2. The first-order chi connectivity index (χ1) is 8.93. The highest BCUT2D eigenvalue weighted by Gasteiger charge is 2.18. The predicted molar refractivity (Wildman–Crippen MR) is 74.3 cm³/mol. The molecule has 0 aliphatic heterocycles. The molecule has 5 heteroatoms. The van der Waals surface area contributed by atoms with E-state index in [1.165, 1.54) is 4.90 Å². The van der Waals surface area contributed by atoms with Gasteiger partial charge < -0.3 is 16.4 Å². The van der Waals surface area contributed by atoms with Gasteiger partial charge in [-0.05, 0) is 23.6 Å². The average molecular weight is 263 g/mol. The van der Waals surface area contributed by atoms with E-state index in [0.29, 0.717) is 18.7 Å². The first kappa shape index (κ1) is 15.2. The fraction of sp³-hybridized carbons (Fsp3) is 0.429. The molecule has 0 fully saturated rings. The Morgan fingerprint density at radius 3 is 2.53 bits per heavy atom. The molecule has 0 bridgehead atoms. The maximum Gasteiger partial charge on any atom is 0.254 e. The van der Waals surface area contributed by atoms with Crippen LogP contribution in [-0.4, -0.2) is 29.8 Å². The zero-order valence-electron chi connectivity index (χ0n) is 11.4. The average Bonchev–Trinajstić information content (AvgIpc) is 2.36. The van der Waals surface area contributed by atoms with E-state index in [9.17, 15) is 9.59 Å². The van der Waals surface area contributed by atoms with Gasteiger partial charge in [0.1, 0.15) is 0 Å². The monoisotopic (exact) mass is 263 g/mol. The molecule has 0 aliphatic carbocycles. The smallest absolute Gasteiger partial charge is 0.254 e. The van der Waals surface area contributed by atoms with Crippen LogP contribution >= 0.6 is 0 Å². The van der Waals surface area contributed by atoms with Crippen LogP contribution in [0, 0.1) is 5.92 Å². The van der Waals surface area contributed by atoms with Gasteiger partial charge in [-0.15, -0.1) is 0 Å². The summed E-state index contributed by atoms with van der Waals surface area (Å²) >= 11 is 0. The summed E-state index contributed by atoms with van der Waals surface area (Å²) in [6, 6.07) is 7.11. The van der Waals surface area contributed by atoms with Crippen molar-refractivity contribution in [2.45, 2.75) is 20.4 Å². The molecule has 1 aromatic rings. The van der Waals surface area contributed by atoms with Gasteiger partial charge in [0.25, 0.3) is 5.91 Å². The van der Waals surface area contributed by atoms with E-state index in [2.05, 4.69) is 0 Å². The first-order valence-corrected chi connectivity index (χ1v) is 6.30. The molecule has 19 heavy (non-hydrogen) atoms. The van der Waals surface area contributed by atoms with Crippen molar-refractivity contribution in [3.8, 4) is 0 Å². The fourth-order valence-corrected chi connectivity index (χ4v) is 1.86. The molecule has 104 valence electrons. The van der Waals surface area contributed by atoms with Gasteiger partial charge in [0.15, 0.2) is 0 Å². The second-order valence-corrected chi connectivity index (χ2v) is 4.95. The minimum absolute atomic E-state index is 0.0656. The molecule has 0 heterocycles. The lowest BCUT2D eigenvalue weighted by molar-refractivity contribution is -0.118. The SMILES string of the molecule is CC(C)CN(CC(N)=O)C(=O)c1cccc(CN)c1. The largest absolute Gasteiger partial charge is 0.368 e. The molecule has 4 N–H and O–H groups in total. The predicted octanol–water partition coefficient (Wildman–Crippen LogP) is 0.729. The van der Waals surface area contributed by atoms with E-state index < -0.39 is 5.91 Å². The maximum atomic E-state index is 12.4. The molecule has 0 aliphatic rings. The van der Waals surface area contributed by atoms with Gasteiger partial charge in [0.2, 0.25) is 5.91 Å². The Hall–Kier alpha value is -1.88. The highest BCUT2D eigenvalue weighted by Crippen LogP contribution is 2.10. The van der Waals surface area contributed by atoms with Crippen LogP contribution in [0.15, 0.2) is 24.3 Å². The summed E-state index contributed by atoms with van der Waals surface area (Å²) in [4.78, 5) is 24.9. The molecule has 5 nitrogen and oxygen atoms in total. The molecule has 1 rings (SSSR count). The molecule has 0 atom stereocenters. The number of carbonyl (C=O) groups is 2. The van der Waals surface area contributed by atoms with Crippen LogP contribution in [0.1, 0.15) is 29.8 Å².